The van der Waals surface area contributed by atoms with Crippen LogP contribution in [0.4, 0.5) is 5.69 Å². The van der Waals surface area contributed by atoms with Crippen molar-refractivity contribution in [2.75, 3.05) is 12.4 Å². The molecule has 27 heavy (non-hydrogen) atoms. The standard InChI is InChI=1S/C20H29N5OS/c1-13(2)17-12-27-18(25-17)11-23-20(21-5)22-10-15-6-8-16(9-7-15)24-19(26)14(3)4/h6-9,12-14H,10-11H2,1-5H3,(H,24,26)(H2,21,22,23). The van der Waals surface area contributed by atoms with Crippen molar-refractivity contribution in [2.45, 2.75) is 46.7 Å². The Labute approximate surface area is 165 Å². The molecular weight excluding hydrogens is 358 g/mol. The number of benzene rings is 1. The van der Waals surface area contributed by atoms with Gasteiger partial charge in [0, 0.05) is 30.6 Å². The number of hydrogen-bond acceptors (Lipinski definition) is 4. The monoisotopic (exact) mass is 387 g/mol. The molecule has 0 unspecified atom stereocenters. The Morgan fingerprint density at radius 1 is 1.11 bits per heavy atom. The second kappa shape index (κ2) is 10.1. The van der Waals surface area contributed by atoms with Crippen LogP contribution in [0.3, 0.4) is 0 Å². The van der Waals surface area contributed by atoms with E-state index in [4.69, 9.17) is 0 Å². The van der Waals surface area contributed by atoms with E-state index >= 15 is 0 Å². The van der Waals surface area contributed by atoms with Gasteiger partial charge in [-0.15, -0.1) is 11.3 Å². The summed E-state index contributed by atoms with van der Waals surface area (Å²) in [6.07, 6.45) is 0. The minimum absolute atomic E-state index is 0.0216. The van der Waals surface area contributed by atoms with Crippen molar-refractivity contribution in [3.05, 3.63) is 45.9 Å². The van der Waals surface area contributed by atoms with Crippen molar-refractivity contribution in [1.82, 2.24) is 15.6 Å². The highest BCUT2D eigenvalue weighted by Gasteiger charge is 2.08. The smallest absolute Gasteiger partial charge is 0.226 e. The average molecular weight is 388 g/mol. The van der Waals surface area contributed by atoms with Gasteiger partial charge < -0.3 is 16.0 Å². The number of nitrogens with zero attached hydrogens (tertiary/aromatic N) is 2. The second-order valence-corrected chi connectivity index (χ2v) is 7.88. The molecule has 0 fully saturated rings. The Bertz CT molecular complexity index is 765. The molecule has 146 valence electrons. The zero-order chi connectivity index (χ0) is 19.8. The van der Waals surface area contributed by atoms with Gasteiger partial charge in [0.05, 0.1) is 12.2 Å². The lowest BCUT2D eigenvalue weighted by molar-refractivity contribution is -0.118. The molecule has 0 radical (unpaired) electrons. The molecule has 0 aliphatic rings. The highest BCUT2D eigenvalue weighted by atomic mass is 32.1. The van der Waals surface area contributed by atoms with E-state index < -0.39 is 0 Å². The first-order valence-corrected chi connectivity index (χ1v) is 10.1. The third-order valence-electron chi connectivity index (χ3n) is 4.00. The van der Waals surface area contributed by atoms with Crippen LogP contribution in [0, 0.1) is 5.92 Å². The van der Waals surface area contributed by atoms with Crippen LogP contribution in [-0.4, -0.2) is 23.9 Å². The molecule has 0 saturated carbocycles. The number of aromatic nitrogens is 1. The molecule has 0 aliphatic heterocycles. The van der Waals surface area contributed by atoms with Gasteiger partial charge in [0.1, 0.15) is 5.01 Å². The van der Waals surface area contributed by atoms with Crippen LogP contribution >= 0.6 is 11.3 Å². The number of amides is 1. The summed E-state index contributed by atoms with van der Waals surface area (Å²) in [5, 5.41) is 12.6. The molecule has 0 bridgehead atoms. The highest BCUT2D eigenvalue weighted by molar-refractivity contribution is 7.09. The summed E-state index contributed by atoms with van der Waals surface area (Å²) in [5.74, 6) is 1.16. The first kappa shape index (κ1) is 20.9. The fourth-order valence-corrected chi connectivity index (χ4v) is 3.12. The van der Waals surface area contributed by atoms with Crippen LogP contribution in [0.15, 0.2) is 34.6 Å². The van der Waals surface area contributed by atoms with E-state index in [1.807, 2.05) is 38.1 Å². The molecular formula is C20H29N5OS. The van der Waals surface area contributed by atoms with E-state index in [9.17, 15) is 4.79 Å². The Morgan fingerprint density at radius 3 is 2.33 bits per heavy atom. The lowest BCUT2D eigenvalue weighted by atomic mass is 10.1. The molecule has 1 aromatic heterocycles. The Kier molecular flexibility index (Phi) is 7.79. The maximum Gasteiger partial charge on any atom is 0.226 e. The number of anilines is 1. The van der Waals surface area contributed by atoms with E-state index in [2.05, 4.69) is 45.2 Å². The summed E-state index contributed by atoms with van der Waals surface area (Å²) in [5.41, 5.74) is 3.05. The van der Waals surface area contributed by atoms with Gasteiger partial charge >= 0.3 is 0 Å². The van der Waals surface area contributed by atoms with Crippen molar-refractivity contribution in [1.29, 1.82) is 0 Å². The van der Waals surface area contributed by atoms with Crippen LogP contribution in [0.1, 0.15) is 49.9 Å². The van der Waals surface area contributed by atoms with Gasteiger partial charge in [-0.1, -0.05) is 39.8 Å². The summed E-state index contributed by atoms with van der Waals surface area (Å²) in [4.78, 5) is 20.6. The van der Waals surface area contributed by atoms with E-state index in [1.165, 1.54) is 0 Å². The minimum Gasteiger partial charge on any atom is -0.352 e. The zero-order valence-corrected chi connectivity index (χ0v) is 17.5. The van der Waals surface area contributed by atoms with Crippen LogP contribution in [-0.2, 0) is 17.9 Å². The average Bonchev–Trinajstić information content (AvgIpc) is 3.12. The lowest BCUT2D eigenvalue weighted by Crippen LogP contribution is -2.36. The molecule has 0 atom stereocenters. The maximum atomic E-state index is 11.7. The summed E-state index contributed by atoms with van der Waals surface area (Å²) in [6.45, 7) is 9.34. The summed E-state index contributed by atoms with van der Waals surface area (Å²) < 4.78 is 0. The van der Waals surface area contributed by atoms with E-state index in [-0.39, 0.29) is 11.8 Å². The number of carbonyl (C=O) groups is 1. The van der Waals surface area contributed by atoms with Gasteiger partial charge in [0.2, 0.25) is 5.91 Å². The van der Waals surface area contributed by atoms with Crippen LogP contribution in [0.5, 0.6) is 0 Å². The number of carbonyl (C=O) groups excluding carboxylic acids is 1. The molecule has 1 aromatic carbocycles. The number of nitrogens with one attached hydrogen (secondary N) is 3. The number of hydrogen-bond donors (Lipinski definition) is 3. The predicted octanol–water partition coefficient (Wildman–Crippen LogP) is 3.73. The van der Waals surface area contributed by atoms with Crippen molar-refractivity contribution >= 4 is 28.9 Å². The Morgan fingerprint density at radius 2 is 1.78 bits per heavy atom. The lowest BCUT2D eigenvalue weighted by Gasteiger charge is -2.12. The summed E-state index contributed by atoms with van der Waals surface area (Å²) in [7, 11) is 1.75. The fourth-order valence-electron chi connectivity index (χ4n) is 2.23. The predicted molar refractivity (Wildman–Crippen MR) is 113 cm³/mol. The van der Waals surface area contributed by atoms with Gasteiger partial charge in [-0.25, -0.2) is 4.98 Å². The topological polar surface area (TPSA) is 78.4 Å². The fraction of sp³-hybridized carbons (Fsp3) is 0.450. The molecule has 2 rings (SSSR count). The molecule has 2 aromatic rings. The number of aliphatic imine (C=N–C) groups is 1. The van der Waals surface area contributed by atoms with Gasteiger partial charge in [-0.2, -0.15) is 0 Å². The maximum absolute atomic E-state index is 11.7. The van der Waals surface area contributed by atoms with Gasteiger partial charge in [0.15, 0.2) is 5.96 Å². The molecule has 0 saturated heterocycles. The van der Waals surface area contributed by atoms with Gasteiger partial charge in [-0.05, 0) is 23.6 Å². The van der Waals surface area contributed by atoms with Crippen molar-refractivity contribution in [3.8, 4) is 0 Å². The van der Waals surface area contributed by atoms with Crippen LogP contribution in [0.2, 0.25) is 0 Å². The SMILES string of the molecule is CN=C(NCc1ccc(NC(=O)C(C)C)cc1)NCc1nc(C(C)C)cs1. The second-order valence-electron chi connectivity index (χ2n) is 6.94. The molecule has 0 spiro atoms. The van der Waals surface area contributed by atoms with Gasteiger partial charge in [-0.3, -0.25) is 9.79 Å². The van der Waals surface area contributed by atoms with Gasteiger partial charge in [0.25, 0.3) is 0 Å². The molecule has 0 aliphatic carbocycles. The molecule has 7 heteroatoms. The summed E-state index contributed by atoms with van der Waals surface area (Å²) in [6, 6.07) is 7.81. The quantitative estimate of drug-likeness (QED) is 0.500. The first-order valence-electron chi connectivity index (χ1n) is 9.17. The van der Waals surface area contributed by atoms with Crippen molar-refractivity contribution < 1.29 is 4.79 Å². The first-order chi connectivity index (χ1) is 12.9. The van der Waals surface area contributed by atoms with E-state index in [0.717, 1.165) is 27.9 Å². The van der Waals surface area contributed by atoms with Crippen LogP contribution in [0.25, 0.3) is 0 Å². The molecule has 1 amide bonds. The molecule has 3 N–H and O–H groups in total. The third kappa shape index (κ3) is 6.67. The highest BCUT2D eigenvalue weighted by Crippen LogP contribution is 2.17. The minimum atomic E-state index is -0.0322. The van der Waals surface area contributed by atoms with Crippen LogP contribution < -0.4 is 16.0 Å². The number of rotatable bonds is 7. The van der Waals surface area contributed by atoms with E-state index in [1.54, 1.807) is 18.4 Å². The summed E-state index contributed by atoms with van der Waals surface area (Å²) >= 11 is 1.66. The number of guanidine groups is 1. The zero-order valence-electron chi connectivity index (χ0n) is 16.7. The Balaban J connectivity index is 1.82. The number of thiazole rings is 1. The molecule has 6 nitrogen and oxygen atoms in total. The molecule has 1 heterocycles. The third-order valence-corrected chi connectivity index (χ3v) is 4.86. The van der Waals surface area contributed by atoms with E-state index in [0.29, 0.717) is 19.0 Å². The van der Waals surface area contributed by atoms with Crippen molar-refractivity contribution in [2.24, 2.45) is 10.9 Å². The van der Waals surface area contributed by atoms with Crippen molar-refractivity contribution in [3.63, 3.8) is 0 Å². The largest absolute Gasteiger partial charge is 0.352 e. The Hall–Kier alpha value is -2.41. The normalized spacial score (nSPS) is 11.7.